The van der Waals surface area contributed by atoms with Crippen LogP contribution in [0.4, 0.5) is 0 Å². The van der Waals surface area contributed by atoms with Gasteiger partial charge in [0.05, 0.1) is 0 Å². The van der Waals surface area contributed by atoms with Crippen LogP contribution in [0.2, 0.25) is 0 Å². The molecule has 0 amide bonds. The zero-order valence-corrected chi connectivity index (χ0v) is 11.2. The highest BCUT2D eigenvalue weighted by Crippen LogP contribution is 2.30. The zero-order valence-electron chi connectivity index (χ0n) is 11.2. The average molecular weight is 242 g/mol. The van der Waals surface area contributed by atoms with Crippen LogP contribution in [0.25, 0.3) is 5.57 Å². The van der Waals surface area contributed by atoms with Crippen molar-refractivity contribution in [3.8, 4) is 0 Å². The molecule has 1 aliphatic heterocycles. The number of rotatable bonds is 2. The van der Waals surface area contributed by atoms with E-state index in [1.807, 2.05) is 0 Å². The largest absolute Gasteiger partial charge is 0.314 e. The second kappa shape index (κ2) is 5.25. The number of benzene rings is 1. The molecule has 1 atom stereocenters. The Hall–Kier alpha value is -1.12. The molecular weight excluding hydrogens is 220 g/mol. The molecule has 1 heterocycles. The molecule has 1 unspecified atom stereocenters. The van der Waals surface area contributed by atoms with Gasteiger partial charge in [0, 0.05) is 32.2 Å². The molecular formula is C16H22N2. The number of hydrogen-bond donors (Lipinski definition) is 1. The van der Waals surface area contributed by atoms with E-state index in [0.717, 1.165) is 13.1 Å². The first-order chi connectivity index (χ1) is 8.83. The maximum atomic E-state index is 3.43. The first kappa shape index (κ1) is 11.9. The third-order valence-corrected chi connectivity index (χ3v) is 4.11. The second-order valence-corrected chi connectivity index (χ2v) is 5.45. The molecule has 1 fully saturated rings. The summed E-state index contributed by atoms with van der Waals surface area (Å²) in [5.74, 6) is 0. The summed E-state index contributed by atoms with van der Waals surface area (Å²) in [4.78, 5) is 2.62. The van der Waals surface area contributed by atoms with Crippen LogP contribution in [0, 0.1) is 6.92 Å². The predicted molar refractivity (Wildman–Crippen MR) is 76.6 cm³/mol. The van der Waals surface area contributed by atoms with E-state index in [9.17, 15) is 0 Å². The maximum absolute atomic E-state index is 3.43. The molecule has 1 saturated heterocycles. The van der Waals surface area contributed by atoms with Crippen molar-refractivity contribution in [2.45, 2.75) is 25.8 Å². The summed E-state index contributed by atoms with van der Waals surface area (Å²) in [6.07, 6.45) is 5.03. The van der Waals surface area contributed by atoms with Crippen LogP contribution in [0.3, 0.4) is 0 Å². The summed E-state index contributed by atoms with van der Waals surface area (Å²) in [5, 5.41) is 3.43. The van der Waals surface area contributed by atoms with Crippen LogP contribution in [0.5, 0.6) is 0 Å². The van der Waals surface area contributed by atoms with Gasteiger partial charge < -0.3 is 5.32 Å². The van der Waals surface area contributed by atoms with Gasteiger partial charge in [-0.05, 0) is 30.9 Å². The molecule has 0 saturated carbocycles. The highest BCUT2D eigenvalue weighted by atomic mass is 15.2. The van der Waals surface area contributed by atoms with E-state index >= 15 is 0 Å². The van der Waals surface area contributed by atoms with Crippen LogP contribution in [-0.2, 0) is 0 Å². The Morgan fingerprint density at radius 2 is 2.06 bits per heavy atom. The third kappa shape index (κ3) is 2.50. The van der Waals surface area contributed by atoms with Gasteiger partial charge in [0.15, 0.2) is 0 Å². The van der Waals surface area contributed by atoms with E-state index in [2.05, 4.69) is 47.5 Å². The Bertz CT molecular complexity index is 444. The van der Waals surface area contributed by atoms with Gasteiger partial charge in [0.2, 0.25) is 0 Å². The van der Waals surface area contributed by atoms with E-state index in [1.54, 1.807) is 5.57 Å². The monoisotopic (exact) mass is 242 g/mol. The molecule has 2 aliphatic rings. The highest BCUT2D eigenvalue weighted by molar-refractivity contribution is 5.68. The molecule has 1 N–H and O–H groups in total. The summed E-state index contributed by atoms with van der Waals surface area (Å²) in [6.45, 7) is 6.85. The van der Waals surface area contributed by atoms with Gasteiger partial charge in [-0.25, -0.2) is 0 Å². The molecule has 1 aromatic rings. The molecule has 18 heavy (non-hydrogen) atoms. The van der Waals surface area contributed by atoms with Gasteiger partial charge in [0.25, 0.3) is 0 Å². The van der Waals surface area contributed by atoms with Crippen molar-refractivity contribution >= 4 is 5.57 Å². The van der Waals surface area contributed by atoms with Crippen LogP contribution < -0.4 is 5.32 Å². The molecule has 0 radical (unpaired) electrons. The SMILES string of the molecule is Cc1cccc(C2=CC(N3CCNCC3)CC2)c1. The average Bonchev–Trinajstić information content (AvgIpc) is 2.89. The predicted octanol–water partition coefficient (Wildman–Crippen LogP) is 2.45. The van der Waals surface area contributed by atoms with Crippen molar-refractivity contribution in [1.29, 1.82) is 0 Å². The molecule has 96 valence electrons. The number of hydrogen-bond acceptors (Lipinski definition) is 2. The Labute approximate surface area is 110 Å². The van der Waals surface area contributed by atoms with E-state index in [4.69, 9.17) is 0 Å². The minimum atomic E-state index is 0.669. The van der Waals surface area contributed by atoms with Gasteiger partial charge in [-0.3, -0.25) is 4.90 Å². The number of nitrogens with zero attached hydrogens (tertiary/aromatic N) is 1. The molecule has 1 aromatic carbocycles. The summed E-state index contributed by atoms with van der Waals surface area (Å²) in [6, 6.07) is 9.57. The smallest absolute Gasteiger partial charge is 0.0288 e. The summed E-state index contributed by atoms with van der Waals surface area (Å²) < 4.78 is 0. The fraction of sp³-hybridized carbons (Fsp3) is 0.500. The van der Waals surface area contributed by atoms with Gasteiger partial charge in [0.1, 0.15) is 0 Å². The van der Waals surface area contributed by atoms with E-state index in [1.165, 1.54) is 37.1 Å². The standard InChI is InChI=1S/C16H22N2/c1-13-3-2-4-14(11-13)15-5-6-16(12-15)18-9-7-17-8-10-18/h2-4,11-12,16-17H,5-10H2,1H3. The lowest BCUT2D eigenvalue weighted by molar-refractivity contribution is 0.200. The third-order valence-electron chi connectivity index (χ3n) is 4.11. The fourth-order valence-corrected chi connectivity index (χ4v) is 3.09. The topological polar surface area (TPSA) is 15.3 Å². The van der Waals surface area contributed by atoms with Crippen LogP contribution in [-0.4, -0.2) is 37.1 Å². The van der Waals surface area contributed by atoms with Gasteiger partial charge >= 0.3 is 0 Å². The minimum absolute atomic E-state index is 0.669. The Kier molecular flexibility index (Phi) is 3.48. The first-order valence-electron chi connectivity index (χ1n) is 7.05. The lowest BCUT2D eigenvalue weighted by Crippen LogP contribution is -2.47. The van der Waals surface area contributed by atoms with Crippen molar-refractivity contribution in [3.63, 3.8) is 0 Å². The lowest BCUT2D eigenvalue weighted by atomic mass is 10.0. The fourth-order valence-electron chi connectivity index (χ4n) is 3.09. The number of aryl methyl sites for hydroxylation is 1. The molecule has 2 nitrogen and oxygen atoms in total. The molecule has 1 aliphatic carbocycles. The second-order valence-electron chi connectivity index (χ2n) is 5.45. The number of piperazine rings is 1. The minimum Gasteiger partial charge on any atom is -0.314 e. The quantitative estimate of drug-likeness (QED) is 0.857. The summed E-state index contributed by atoms with van der Waals surface area (Å²) in [5.41, 5.74) is 4.33. The summed E-state index contributed by atoms with van der Waals surface area (Å²) in [7, 11) is 0. The van der Waals surface area contributed by atoms with Crippen molar-refractivity contribution in [3.05, 3.63) is 41.5 Å². The maximum Gasteiger partial charge on any atom is 0.0288 e. The van der Waals surface area contributed by atoms with Crippen molar-refractivity contribution in [2.75, 3.05) is 26.2 Å². The highest BCUT2D eigenvalue weighted by Gasteiger charge is 2.23. The van der Waals surface area contributed by atoms with Crippen LogP contribution in [0.15, 0.2) is 30.3 Å². The van der Waals surface area contributed by atoms with Crippen molar-refractivity contribution in [1.82, 2.24) is 10.2 Å². The van der Waals surface area contributed by atoms with Gasteiger partial charge in [-0.15, -0.1) is 0 Å². The van der Waals surface area contributed by atoms with E-state index in [-0.39, 0.29) is 0 Å². The molecule has 0 aromatic heterocycles. The van der Waals surface area contributed by atoms with E-state index < -0.39 is 0 Å². The Morgan fingerprint density at radius 1 is 1.22 bits per heavy atom. The van der Waals surface area contributed by atoms with Gasteiger partial charge in [-0.1, -0.05) is 35.9 Å². The Morgan fingerprint density at radius 3 is 2.83 bits per heavy atom. The Balaban J connectivity index is 1.74. The van der Waals surface area contributed by atoms with E-state index in [0.29, 0.717) is 6.04 Å². The molecule has 2 heteroatoms. The van der Waals surface area contributed by atoms with Gasteiger partial charge in [-0.2, -0.15) is 0 Å². The van der Waals surface area contributed by atoms with Crippen molar-refractivity contribution in [2.24, 2.45) is 0 Å². The molecule has 3 rings (SSSR count). The molecule has 0 bridgehead atoms. The molecule has 0 spiro atoms. The van der Waals surface area contributed by atoms with Crippen molar-refractivity contribution < 1.29 is 0 Å². The lowest BCUT2D eigenvalue weighted by Gasteiger charge is -2.31. The first-order valence-corrected chi connectivity index (χ1v) is 7.05. The van der Waals surface area contributed by atoms with Crippen LogP contribution >= 0.6 is 0 Å². The zero-order chi connectivity index (χ0) is 12.4. The normalized spacial score (nSPS) is 25.2. The van der Waals surface area contributed by atoms with Crippen LogP contribution in [0.1, 0.15) is 24.0 Å². The number of allylic oxidation sites excluding steroid dienone is 1. The summed E-state index contributed by atoms with van der Waals surface area (Å²) >= 11 is 0. The number of nitrogens with one attached hydrogen (secondary N) is 1.